The van der Waals surface area contributed by atoms with Crippen LogP contribution in [-0.2, 0) is 13.0 Å². The molecule has 0 spiro atoms. The largest absolute Gasteiger partial charge is 0.478 e. The van der Waals surface area contributed by atoms with Crippen LogP contribution in [0, 0.1) is 0 Å². The number of aryl methyl sites for hydroxylation is 1. The number of hydrogen-bond donors (Lipinski definition) is 1. The Kier molecular flexibility index (Phi) is 4.41. The lowest BCUT2D eigenvalue weighted by Crippen LogP contribution is -2.16. The molecule has 0 aliphatic rings. The molecular formula is C17H19NO2. The normalized spacial score (nSPS) is 10.3. The van der Waals surface area contributed by atoms with E-state index < -0.39 is 5.97 Å². The summed E-state index contributed by atoms with van der Waals surface area (Å²) in [7, 11) is 2.01. The van der Waals surface area contributed by atoms with Crippen LogP contribution in [0.2, 0.25) is 0 Å². The first-order chi connectivity index (χ1) is 9.60. The molecule has 0 atom stereocenters. The van der Waals surface area contributed by atoms with Crippen molar-refractivity contribution in [1.29, 1.82) is 0 Å². The van der Waals surface area contributed by atoms with Crippen molar-refractivity contribution in [2.75, 3.05) is 11.9 Å². The second kappa shape index (κ2) is 6.24. The van der Waals surface area contributed by atoms with Crippen molar-refractivity contribution in [2.24, 2.45) is 0 Å². The van der Waals surface area contributed by atoms with Gasteiger partial charge in [0.05, 0.1) is 5.56 Å². The summed E-state index contributed by atoms with van der Waals surface area (Å²) in [6.45, 7) is 2.82. The molecule has 2 aromatic carbocycles. The van der Waals surface area contributed by atoms with Crippen LogP contribution in [-0.4, -0.2) is 18.1 Å². The van der Waals surface area contributed by atoms with E-state index in [1.165, 1.54) is 5.56 Å². The van der Waals surface area contributed by atoms with Crippen molar-refractivity contribution in [1.82, 2.24) is 0 Å². The van der Waals surface area contributed by atoms with Gasteiger partial charge in [-0.05, 0) is 41.8 Å². The van der Waals surface area contributed by atoms with Crippen molar-refractivity contribution < 1.29 is 9.90 Å². The second-order valence-corrected chi connectivity index (χ2v) is 4.88. The molecule has 0 aliphatic heterocycles. The van der Waals surface area contributed by atoms with E-state index in [1.54, 1.807) is 18.2 Å². The fourth-order valence-electron chi connectivity index (χ4n) is 2.15. The Balaban J connectivity index is 2.12. The van der Waals surface area contributed by atoms with E-state index in [9.17, 15) is 4.79 Å². The Morgan fingerprint density at radius 1 is 1.10 bits per heavy atom. The molecule has 104 valence electrons. The molecule has 3 nitrogen and oxygen atoms in total. The van der Waals surface area contributed by atoms with E-state index in [0.717, 1.165) is 17.7 Å². The Bertz CT molecular complexity index is 590. The third kappa shape index (κ3) is 3.38. The second-order valence-electron chi connectivity index (χ2n) is 4.88. The molecule has 0 unspecified atom stereocenters. The minimum absolute atomic E-state index is 0.331. The van der Waals surface area contributed by atoms with Crippen molar-refractivity contribution in [3.05, 3.63) is 65.2 Å². The third-order valence-corrected chi connectivity index (χ3v) is 3.38. The van der Waals surface area contributed by atoms with Gasteiger partial charge in [-0.1, -0.05) is 31.2 Å². The number of rotatable bonds is 5. The molecule has 0 fully saturated rings. The molecule has 0 bridgehead atoms. The van der Waals surface area contributed by atoms with Gasteiger partial charge in [0.25, 0.3) is 0 Å². The predicted molar refractivity (Wildman–Crippen MR) is 81.3 cm³/mol. The fourth-order valence-corrected chi connectivity index (χ4v) is 2.15. The first-order valence-electron chi connectivity index (χ1n) is 6.72. The van der Waals surface area contributed by atoms with Gasteiger partial charge in [0.2, 0.25) is 0 Å². The standard InChI is InChI=1S/C17H19NO2/c1-3-13-7-9-16(10-8-13)18(2)12-14-5-4-6-15(11-14)17(19)20/h4-11H,3,12H2,1-2H3,(H,19,20). The average molecular weight is 269 g/mol. The highest BCUT2D eigenvalue weighted by atomic mass is 16.4. The fraction of sp³-hybridized carbons (Fsp3) is 0.235. The molecule has 0 aromatic heterocycles. The molecule has 0 saturated heterocycles. The number of carbonyl (C=O) groups is 1. The highest BCUT2D eigenvalue weighted by molar-refractivity contribution is 5.87. The Labute approximate surface area is 119 Å². The maximum Gasteiger partial charge on any atom is 0.335 e. The smallest absolute Gasteiger partial charge is 0.335 e. The number of carboxylic acids is 1. The zero-order valence-corrected chi connectivity index (χ0v) is 11.8. The summed E-state index contributed by atoms with van der Waals surface area (Å²) in [4.78, 5) is 13.1. The van der Waals surface area contributed by atoms with Gasteiger partial charge in [0, 0.05) is 19.3 Å². The van der Waals surface area contributed by atoms with Gasteiger partial charge in [-0.3, -0.25) is 0 Å². The van der Waals surface area contributed by atoms with Crippen LogP contribution in [0.4, 0.5) is 5.69 Å². The van der Waals surface area contributed by atoms with Crippen molar-refractivity contribution in [2.45, 2.75) is 19.9 Å². The van der Waals surface area contributed by atoms with Crippen molar-refractivity contribution in [3.63, 3.8) is 0 Å². The van der Waals surface area contributed by atoms with Gasteiger partial charge in [0.15, 0.2) is 0 Å². The average Bonchev–Trinajstić information content (AvgIpc) is 2.47. The van der Waals surface area contributed by atoms with Gasteiger partial charge in [-0.25, -0.2) is 4.79 Å². The summed E-state index contributed by atoms with van der Waals surface area (Å²) in [5.74, 6) is -0.887. The molecule has 0 amide bonds. The van der Waals surface area contributed by atoms with Crippen LogP contribution in [0.25, 0.3) is 0 Å². The Hall–Kier alpha value is -2.29. The van der Waals surface area contributed by atoms with Crippen LogP contribution in [0.3, 0.4) is 0 Å². The number of aromatic carboxylic acids is 1. The van der Waals surface area contributed by atoms with Crippen LogP contribution in [0.5, 0.6) is 0 Å². The maximum atomic E-state index is 11.0. The maximum absolute atomic E-state index is 11.0. The number of anilines is 1. The van der Waals surface area contributed by atoms with Crippen LogP contribution in [0.15, 0.2) is 48.5 Å². The molecular weight excluding hydrogens is 250 g/mol. The van der Waals surface area contributed by atoms with E-state index in [4.69, 9.17) is 5.11 Å². The molecule has 2 rings (SSSR count). The van der Waals surface area contributed by atoms with E-state index in [0.29, 0.717) is 12.1 Å². The summed E-state index contributed by atoms with van der Waals surface area (Å²) in [5.41, 5.74) is 3.77. The molecule has 0 heterocycles. The third-order valence-electron chi connectivity index (χ3n) is 3.38. The molecule has 0 aliphatic carbocycles. The van der Waals surface area contributed by atoms with Gasteiger partial charge >= 0.3 is 5.97 Å². The lowest BCUT2D eigenvalue weighted by molar-refractivity contribution is 0.0696. The highest BCUT2D eigenvalue weighted by Crippen LogP contribution is 2.17. The molecule has 1 N–H and O–H groups in total. The summed E-state index contributed by atoms with van der Waals surface area (Å²) in [5, 5.41) is 9.00. The molecule has 3 heteroatoms. The zero-order chi connectivity index (χ0) is 14.5. The molecule has 20 heavy (non-hydrogen) atoms. The first kappa shape index (κ1) is 14.1. The van der Waals surface area contributed by atoms with Crippen molar-refractivity contribution >= 4 is 11.7 Å². The lowest BCUT2D eigenvalue weighted by atomic mass is 10.1. The van der Waals surface area contributed by atoms with Crippen molar-refractivity contribution in [3.8, 4) is 0 Å². The van der Waals surface area contributed by atoms with E-state index in [1.807, 2.05) is 13.1 Å². The highest BCUT2D eigenvalue weighted by Gasteiger charge is 2.06. The topological polar surface area (TPSA) is 40.5 Å². The minimum atomic E-state index is -0.887. The van der Waals surface area contributed by atoms with Crippen LogP contribution < -0.4 is 4.90 Å². The number of hydrogen-bond acceptors (Lipinski definition) is 2. The van der Waals surface area contributed by atoms with Gasteiger partial charge < -0.3 is 10.0 Å². The zero-order valence-electron chi connectivity index (χ0n) is 11.8. The minimum Gasteiger partial charge on any atom is -0.478 e. The summed E-state index contributed by atoms with van der Waals surface area (Å²) in [6, 6.07) is 15.5. The monoisotopic (exact) mass is 269 g/mol. The van der Waals surface area contributed by atoms with Gasteiger partial charge in [-0.15, -0.1) is 0 Å². The first-order valence-corrected chi connectivity index (χ1v) is 6.72. The molecule has 0 radical (unpaired) electrons. The Morgan fingerprint density at radius 2 is 1.80 bits per heavy atom. The van der Waals surface area contributed by atoms with Gasteiger partial charge in [0.1, 0.15) is 0 Å². The SMILES string of the molecule is CCc1ccc(N(C)Cc2cccc(C(=O)O)c2)cc1. The summed E-state index contributed by atoms with van der Waals surface area (Å²) < 4.78 is 0. The van der Waals surface area contributed by atoms with E-state index in [2.05, 4.69) is 36.1 Å². The molecule has 0 saturated carbocycles. The van der Waals surface area contributed by atoms with Crippen LogP contribution >= 0.6 is 0 Å². The number of benzene rings is 2. The quantitative estimate of drug-likeness (QED) is 0.902. The number of nitrogens with zero attached hydrogens (tertiary/aromatic N) is 1. The van der Waals surface area contributed by atoms with Crippen LogP contribution in [0.1, 0.15) is 28.4 Å². The number of carboxylic acid groups (broad SMARTS) is 1. The van der Waals surface area contributed by atoms with E-state index >= 15 is 0 Å². The Morgan fingerprint density at radius 3 is 2.40 bits per heavy atom. The summed E-state index contributed by atoms with van der Waals surface area (Å²) in [6.07, 6.45) is 1.03. The van der Waals surface area contributed by atoms with E-state index in [-0.39, 0.29) is 0 Å². The summed E-state index contributed by atoms with van der Waals surface area (Å²) >= 11 is 0. The predicted octanol–water partition coefficient (Wildman–Crippen LogP) is 3.58. The van der Waals surface area contributed by atoms with Gasteiger partial charge in [-0.2, -0.15) is 0 Å². The molecule has 2 aromatic rings. The lowest BCUT2D eigenvalue weighted by Gasteiger charge is -2.20.